The Kier molecular flexibility index (Phi) is 1.27. The van der Waals surface area contributed by atoms with Gasteiger partial charge in [0.25, 0.3) is 5.04 Å². The molecule has 0 aromatic rings. The van der Waals surface area contributed by atoms with Gasteiger partial charge in [-0.1, -0.05) is 0 Å². The Labute approximate surface area is 35.4 Å². The Balaban J connectivity index is 3.02. The predicted octanol–water partition coefficient (Wildman–Crippen LogP) is 0.675. The maximum absolute atomic E-state index is 10.3. The van der Waals surface area contributed by atoms with Gasteiger partial charge < -0.3 is 0 Å². The van der Waals surface area contributed by atoms with Crippen LogP contribution < -0.4 is 0 Å². The van der Waals surface area contributed by atoms with Crippen LogP contribution in [-0.4, -0.2) is 21.3 Å². The fourth-order valence-corrected chi connectivity index (χ4v) is 0. The van der Waals surface area contributed by atoms with Gasteiger partial charge in [-0.05, 0) is 0 Å². The average molecular weight is 96.0 g/mol. The molecule has 0 saturated heterocycles. The van der Waals surface area contributed by atoms with E-state index in [4.69, 9.17) is 0 Å². The van der Waals surface area contributed by atoms with Crippen LogP contribution in [0.4, 0.5) is 13.2 Å². The lowest BCUT2D eigenvalue weighted by Gasteiger charge is -1.91. The summed E-state index contributed by atoms with van der Waals surface area (Å²) in [4.78, 5) is 0. The van der Waals surface area contributed by atoms with Crippen molar-refractivity contribution < 1.29 is 13.2 Å². The molecule has 0 aliphatic rings. The molecule has 0 aliphatic heterocycles. The molecule has 4 heteroatoms. The first-order valence-corrected chi connectivity index (χ1v) is 1.43. The lowest BCUT2D eigenvalue weighted by atomic mass is 11.5. The zero-order chi connectivity index (χ0) is 4.50. The van der Waals surface area contributed by atoms with Crippen LogP contribution in [0.3, 0.4) is 0 Å². The predicted molar refractivity (Wildman–Crippen MR) is 11.8 cm³/mol. The van der Waals surface area contributed by atoms with Crippen LogP contribution in [0.2, 0.25) is 0 Å². The highest BCUT2D eigenvalue weighted by atomic mass is 27.1. The molecule has 0 atom stereocenters. The lowest BCUT2D eigenvalue weighted by Crippen LogP contribution is -2.03. The molecule has 0 heterocycles. The third-order valence-corrected chi connectivity index (χ3v) is 0. The van der Waals surface area contributed by atoms with Crippen LogP contribution in [0.5, 0.6) is 0 Å². The number of halogens is 3. The second-order valence-electron chi connectivity index (χ2n) is 0.542. The quantitative estimate of drug-likeness (QED) is 0.389. The SMILES string of the molecule is F[C](F)(F)[Al]. The molecular weight excluding hydrogens is 96.0 g/mol. The highest BCUT2D eigenvalue weighted by molar-refractivity contribution is 6.11. The Hall–Kier alpha value is 0.322. The second-order valence-corrected chi connectivity index (χ2v) is 1.20. The van der Waals surface area contributed by atoms with Gasteiger partial charge in [-0.25, -0.2) is 0 Å². The first-order valence-electron chi connectivity index (χ1n) is 0.856. The van der Waals surface area contributed by atoms with Gasteiger partial charge >= 0.3 is 16.3 Å². The summed E-state index contributed by atoms with van der Waals surface area (Å²) in [6.45, 7) is 0. The lowest BCUT2D eigenvalue weighted by molar-refractivity contribution is -0.0429. The summed E-state index contributed by atoms with van der Waals surface area (Å²) in [5.74, 6) is 0. The molecule has 0 nitrogen and oxygen atoms in total. The van der Waals surface area contributed by atoms with Crippen molar-refractivity contribution in [2.24, 2.45) is 0 Å². The van der Waals surface area contributed by atoms with Crippen LogP contribution in [0, 0.1) is 0 Å². The molecule has 0 aliphatic carbocycles. The minimum absolute atomic E-state index is 0.715. The van der Waals surface area contributed by atoms with Crippen molar-refractivity contribution in [1.29, 1.82) is 0 Å². The molecule has 0 fully saturated rings. The van der Waals surface area contributed by atoms with Gasteiger partial charge in [-0.15, -0.1) is 0 Å². The summed E-state index contributed by atoms with van der Waals surface area (Å²) in [6.07, 6.45) is 0. The summed E-state index contributed by atoms with van der Waals surface area (Å²) < 4.78 is 31.0. The van der Waals surface area contributed by atoms with Gasteiger partial charge in [-0.2, -0.15) is 13.2 Å². The van der Waals surface area contributed by atoms with Gasteiger partial charge in [-0.3, -0.25) is 0 Å². The average Bonchev–Trinajstić information content (AvgIpc) is 0.722. The first-order chi connectivity index (χ1) is 2.00. The second kappa shape index (κ2) is 1.19. The van der Waals surface area contributed by atoms with Crippen molar-refractivity contribution in [3.8, 4) is 0 Å². The van der Waals surface area contributed by atoms with Gasteiger partial charge in [0.2, 0.25) is 0 Å². The first kappa shape index (κ1) is 5.32. The molecule has 2 radical (unpaired) electrons. The third kappa shape index (κ3) is 224. The number of hydrogen-bond acceptors (Lipinski definition) is 0. The number of alkyl halides is 3. The summed E-state index contributed by atoms with van der Waals surface area (Å²) in [5.41, 5.74) is 0. The van der Waals surface area contributed by atoms with Crippen LogP contribution in [0.15, 0.2) is 0 Å². The zero-order valence-electron chi connectivity index (χ0n) is 2.21. The zero-order valence-corrected chi connectivity index (χ0v) is 3.37. The molecule has 5 heavy (non-hydrogen) atoms. The summed E-state index contributed by atoms with van der Waals surface area (Å²) in [6, 6.07) is 0. The van der Waals surface area contributed by atoms with E-state index >= 15 is 0 Å². The molecule has 28 valence electrons. The van der Waals surface area contributed by atoms with E-state index in [0.717, 1.165) is 0 Å². The van der Waals surface area contributed by atoms with Crippen molar-refractivity contribution in [2.45, 2.75) is 5.04 Å². The maximum Gasteiger partial charge on any atom is 0.306 e. The van der Waals surface area contributed by atoms with E-state index in [9.17, 15) is 13.2 Å². The molecule has 0 aromatic carbocycles. The van der Waals surface area contributed by atoms with E-state index in [2.05, 4.69) is 0 Å². The fraction of sp³-hybridized carbons (Fsp3) is 1.00. The van der Waals surface area contributed by atoms with Crippen molar-refractivity contribution in [1.82, 2.24) is 0 Å². The third-order valence-electron chi connectivity index (χ3n) is 0. The molecule has 0 unspecified atom stereocenters. The minimum atomic E-state index is -4.08. The molecule has 0 saturated carbocycles. The maximum atomic E-state index is 10.3. The largest absolute Gasteiger partial charge is 0.306 e. The molecule has 0 amide bonds. The normalized spacial score (nSPS) is 11.8. The molecule has 0 N–H and O–H groups in total. The van der Waals surface area contributed by atoms with Gasteiger partial charge in [0, 0.05) is 0 Å². The summed E-state index contributed by atoms with van der Waals surface area (Å²) >= 11 is 0.715. The highest BCUT2D eigenvalue weighted by Gasteiger charge is 2.12. The number of hydrogen-bond donors (Lipinski definition) is 0. The van der Waals surface area contributed by atoms with Crippen LogP contribution in [0.1, 0.15) is 0 Å². The van der Waals surface area contributed by atoms with Crippen LogP contribution >= 0.6 is 0 Å². The van der Waals surface area contributed by atoms with E-state index in [1.807, 2.05) is 0 Å². The van der Waals surface area contributed by atoms with Gasteiger partial charge in [0.15, 0.2) is 0 Å². The van der Waals surface area contributed by atoms with Crippen molar-refractivity contribution >= 4 is 16.3 Å². The Morgan fingerprint density at radius 2 is 1.20 bits per heavy atom. The van der Waals surface area contributed by atoms with Crippen molar-refractivity contribution in [3.05, 3.63) is 0 Å². The van der Waals surface area contributed by atoms with Gasteiger partial charge in [0.05, 0.1) is 0 Å². The highest BCUT2D eigenvalue weighted by Crippen LogP contribution is 2.05. The van der Waals surface area contributed by atoms with E-state index in [-0.39, 0.29) is 0 Å². The molecule has 0 aromatic heterocycles. The van der Waals surface area contributed by atoms with Crippen LogP contribution in [-0.2, 0) is 0 Å². The Morgan fingerprint density at radius 1 is 1.20 bits per heavy atom. The molecule has 0 bridgehead atoms. The monoisotopic (exact) mass is 96.0 g/mol. The smallest absolute Gasteiger partial charge is 0.194 e. The van der Waals surface area contributed by atoms with Crippen molar-refractivity contribution in [3.63, 3.8) is 0 Å². The number of rotatable bonds is 0. The van der Waals surface area contributed by atoms with Gasteiger partial charge in [0.1, 0.15) is 0 Å². The molecule has 0 rings (SSSR count). The summed E-state index contributed by atoms with van der Waals surface area (Å²) in [5, 5.41) is -4.08. The standard InChI is InChI=1S/CF3.Al/c2-1(3)4;. The summed E-state index contributed by atoms with van der Waals surface area (Å²) in [7, 11) is 0. The molecular formula is CAlF3. The van der Waals surface area contributed by atoms with E-state index in [1.54, 1.807) is 0 Å². The van der Waals surface area contributed by atoms with Crippen LogP contribution in [0.25, 0.3) is 0 Å². The Morgan fingerprint density at radius 3 is 1.20 bits per heavy atom. The van der Waals surface area contributed by atoms with E-state index < -0.39 is 5.04 Å². The van der Waals surface area contributed by atoms with Crippen molar-refractivity contribution in [2.75, 3.05) is 0 Å². The topological polar surface area (TPSA) is 0 Å². The molecule has 0 spiro atoms. The Bertz CT molecular complexity index is 22.4. The fourth-order valence-electron chi connectivity index (χ4n) is 0. The van der Waals surface area contributed by atoms with E-state index in [0.29, 0.717) is 16.3 Å². The van der Waals surface area contributed by atoms with E-state index in [1.165, 1.54) is 0 Å². The minimum Gasteiger partial charge on any atom is -0.194 e.